The van der Waals surface area contributed by atoms with E-state index in [9.17, 15) is 0 Å². The van der Waals surface area contributed by atoms with Gasteiger partial charge in [-0.25, -0.2) is 0 Å². The van der Waals surface area contributed by atoms with Gasteiger partial charge in [0.05, 0.1) is 5.69 Å². The molecule has 0 atom stereocenters. The van der Waals surface area contributed by atoms with Crippen LogP contribution in [0.25, 0.3) is 43.8 Å². The molecule has 0 spiro atoms. The molecule has 1 aliphatic carbocycles. The van der Waals surface area contributed by atoms with Crippen LogP contribution in [0.3, 0.4) is 0 Å². The van der Waals surface area contributed by atoms with Gasteiger partial charge in [0.25, 0.3) is 6.71 Å². The maximum absolute atomic E-state index is 6.46. The molecule has 0 N–H and O–H groups in total. The molecule has 12 rings (SSSR count). The minimum Gasteiger partial charge on any atom is -0.456 e. The second-order valence-electron chi connectivity index (χ2n) is 15.2. The van der Waals surface area contributed by atoms with Gasteiger partial charge in [-0.2, -0.15) is 0 Å². The average molecular weight is 677 g/mol. The van der Waals surface area contributed by atoms with E-state index in [0.29, 0.717) is 0 Å². The second-order valence-corrected chi connectivity index (χ2v) is 15.2. The number of rotatable bonds is 2. The molecule has 0 amide bonds. The van der Waals surface area contributed by atoms with Crippen LogP contribution in [0.2, 0.25) is 0 Å². The summed E-state index contributed by atoms with van der Waals surface area (Å²) in [7, 11) is 0. The van der Waals surface area contributed by atoms with Crippen molar-refractivity contribution in [3.05, 3.63) is 175 Å². The van der Waals surface area contributed by atoms with E-state index in [2.05, 4.69) is 187 Å². The maximum Gasteiger partial charge on any atom is 0.252 e. The third-order valence-electron chi connectivity index (χ3n) is 12.2. The molecule has 1 aromatic heterocycles. The molecule has 8 aromatic carbocycles. The molecule has 53 heavy (non-hydrogen) atoms. The Balaban J connectivity index is 1.13. The van der Waals surface area contributed by atoms with E-state index in [1.807, 2.05) is 0 Å². The van der Waals surface area contributed by atoms with Gasteiger partial charge in [-0.15, -0.1) is 0 Å². The Hall–Kier alpha value is -6.52. The first-order chi connectivity index (χ1) is 26.1. The van der Waals surface area contributed by atoms with Gasteiger partial charge >= 0.3 is 0 Å². The van der Waals surface area contributed by atoms with E-state index in [1.54, 1.807) is 0 Å². The third kappa shape index (κ3) is 3.75. The topological polar surface area (TPSA) is 19.6 Å². The van der Waals surface area contributed by atoms with Gasteiger partial charge in [0.1, 0.15) is 11.2 Å². The van der Waals surface area contributed by atoms with Crippen LogP contribution in [-0.2, 0) is 5.41 Å². The lowest BCUT2D eigenvalue weighted by atomic mass is 9.33. The van der Waals surface area contributed by atoms with Gasteiger partial charge in [0, 0.05) is 44.6 Å². The Bertz CT molecular complexity index is 3030. The van der Waals surface area contributed by atoms with Crippen LogP contribution in [0.4, 0.5) is 34.1 Å². The van der Waals surface area contributed by atoms with Gasteiger partial charge in [0.2, 0.25) is 0 Å². The molecular formula is C49H33BN2O. The molecule has 0 saturated heterocycles. The fraction of sp³-hybridized carbons (Fsp3) is 0.0612. The van der Waals surface area contributed by atoms with Crippen molar-refractivity contribution in [2.45, 2.75) is 19.3 Å². The second kappa shape index (κ2) is 10.3. The van der Waals surface area contributed by atoms with Gasteiger partial charge < -0.3 is 14.2 Å². The summed E-state index contributed by atoms with van der Waals surface area (Å²) in [5.41, 5.74) is 18.3. The highest BCUT2D eigenvalue weighted by atomic mass is 16.3. The molecule has 3 nitrogen and oxygen atoms in total. The minimum absolute atomic E-state index is 0.0884. The smallest absolute Gasteiger partial charge is 0.252 e. The molecule has 2 aliphatic heterocycles. The van der Waals surface area contributed by atoms with E-state index in [0.717, 1.165) is 22.2 Å². The highest BCUT2D eigenvalue weighted by molar-refractivity contribution is 7.00. The number of para-hydroxylation sites is 2. The first kappa shape index (κ1) is 29.1. The predicted octanol–water partition coefficient (Wildman–Crippen LogP) is 11.1. The van der Waals surface area contributed by atoms with Crippen LogP contribution in [0.5, 0.6) is 0 Å². The zero-order valence-corrected chi connectivity index (χ0v) is 29.5. The summed E-state index contributed by atoms with van der Waals surface area (Å²) in [5, 5.41) is 4.73. The van der Waals surface area contributed by atoms with E-state index in [4.69, 9.17) is 4.42 Å². The predicted molar refractivity (Wildman–Crippen MR) is 223 cm³/mol. The molecule has 0 fully saturated rings. The summed E-state index contributed by atoms with van der Waals surface area (Å²) < 4.78 is 6.46. The zero-order valence-electron chi connectivity index (χ0n) is 29.5. The third-order valence-corrected chi connectivity index (χ3v) is 12.2. The summed E-state index contributed by atoms with van der Waals surface area (Å²) in [4.78, 5) is 5.04. The van der Waals surface area contributed by atoms with Gasteiger partial charge in [0.15, 0.2) is 0 Å². The van der Waals surface area contributed by atoms with Crippen molar-refractivity contribution in [3.63, 3.8) is 0 Å². The SMILES string of the molecule is CC1(C)c2ccccc2-c2cccc(N3c4ccccc4B4c5ccccc5N(c5ccc6oc7ccc8ccccc8c7c6c5)c5cccc3c54)c21. The largest absolute Gasteiger partial charge is 0.456 e. The normalized spacial score (nSPS) is 14.6. The number of anilines is 6. The van der Waals surface area contributed by atoms with Crippen LogP contribution in [0, 0.1) is 0 Å². The lowest BCUT2D eigenvalue weighted by molar-refractivity contribution is 0.661. The van der Waals surface area contributed by atoms with Crippen LogP contribution in [0.1, 0.15) is 25.0 Å². The van der Waals surface area contributed by atoms with Crippen LogP contribution >= 0.6 is 0 Å². The number of fused-ring (bicyclic) bond motifs is 12. The van der Waals surface area contributed by atoms with Crippen LogP contribution < -0.4 is 26.2 Å². The summed E-state index contributed by atoms with van der Waals surface area (Å²) in [5.74, 6) is 0. The van der Waals surface area contributed by atoms with Crippen molar-refractivity contribution in [2.75, 3.05) is 9.80 Å². The van der Waals surface area contributed by atoms with Gasteiger partial charge in [-0.1, -0.05) is 123 Å². The Morgan fingerprint density at radius 1 is 0.491 bits per heavy atom. The Morgan fingerprint density at radius 3 is 1.96 bits per heavy atom. The molecule has 3 heterocycles. The monoisotopic (exact) mass is 676 g/mol. The summed E-state index contributed by atoms with van der Waals surface area (Å²) in [6, 6.07) is 60.4. The molecule has 9 aromatic rings. The molecule has 0 saturated carbocycles. The molecule has 4 heteroatoms. The number of furan rings is 1. The Labute approximate surface area is 308 Å². The first-order valence-corrected chi connectivity index (χ1v) is 18.6. The van der Waals surface area contributed by atoms with Gasteiger partial charge in [-0.3, -0.25) is 0 Å². The molecule has 248 valence electrons. The quantitative estimate of drug-likeness (QED) is 0.170. The highest BCUT2D eigenvalue weighted by Crippen LogP contribution is 2.55. The zero-order chi connectivity index (χ0) is 35.0. The van der Waals surface area contributed by atoms with Crippen molar-refractivity contribution < 1.29 is 4.42 Å². The Morgan fingerprint density at radius 2 is 1.11 bits per heavy atom. The standard InChI is InChI=1S/C49H33BN2O/c1-49(2)36-17-6-5-15-33(36)34-16-11-22-41(47(34)49)52-40-21-10-8-19-38(40)50-37-18-7-9-20-39(37)51(42-23-12-24-43(52)48(42)50)31-26-28-44-35(29-31)46-32-14-4-3-13-30(32)25-27-45(46)53-44/h3-29H,1-2H3. The van der Waals surface area contributed by atoms with Crippen molar-refractivity contribution in [1.29, 1.82) is 0 Å². The maximum atomic E-state index is 6.46. The number of hydrogen-bond acceptors (Lipinski definition) is 3. The fourth-order valence-electron chi connectivity index (χ4n) is 10.1. The van der Waals surface area contributed by atoms with Crippen LogP contribution in [0.15, 0.2) is 168 Å². The van der Waals surface area contributed by atoms with Crippen molar-refractivity contribution in [2.24, 2.45) is 0 Å². The summed E-state index contributed by atoms with van der Waals surface area (Å²) in [6.07, 6.45) is 0. The molecular weight excluding hydrogens is 643 g/mol. The first-order valence-electron chi connectivity index (χ1n) is 18.6. The minimum atomic E-state index is -0.158. The van der Waals surface area contributed by atoms with E-state index in [1.165, 1.54) is 83.2 Å². The number of benzene rings is 8. The van der Waals surface area contributed by atoms with Crippen LogP contribution in [-0.4, -0.2) is 6.71 Å². The van der Waals surface area contributed by atoms with Crippen molar-refractivity contribution in [3.8, 4) is 11.1 Å². The molecule has 3 aliphatic rings. The molecule has 0 bridgehead atoms. The van der Waals surface area contributed by atoms with Crippen molar-refractivity contribution in [1.82, 2.24) is 0 Å². The van der Waals surface area contributed by atoms with Crippen molar-refractivity contribution >= 4 is 89.9 Å². The summed E-state index contributed by atoms with van der Waals surface area (Å²) in [6.45, 7) is 4.86. The molecule has 0 unspecified atom stereocenters. The Kier molecular flexibility index (Phi) is 5.66. The summed E-state index contributed by atoms with van der Waals surface area (Å²) >= 11 is 0. The van der Waals surface area contributed by atoms with E-state index in [-0.39, 0.29) is 12.1 Å². The fourth-order valence-corrected chi connectivity index (χ4v) is 10.1. The number of nitrogens with zero attached hydrogens (tertiary/aromatic N) is 2. The van der Waals surface area contributed by atoms with E-state index >= 15 is 0 Å². The highest BCUT2D eigenvalue weighted by Gasteiger charge is 2.45. The average Bonchev–Trinajstić information content (AvgIpc) is 3.70. The van der Waals surface area contributed by atoms with E-state index < -0.39 is 0 Å². The lowest BCUT2D eigenvalue weighted by Gasteiger charge is -2.44. The van der Waals surface area contributed by atoms with Gasteiger partial charge in [-0.05, 0) is 104 Å². The lowest BCUT2D eigenvalue weighted by Crippen LogP contribution is -2.61. The number of hydrogen-bond donors (Lipinski definition) is 0. The molecule has 0 radical (unpaired) electrons.